The SMILES string of the molecule is CNC(=O)N1CCC(n2c(=O)n(C)c3cncnc32)CC1. The van der Waals surface area contributed by atoms with Crippen LogP contribution < -0.4 is 11.0 Å². The molecule has 0 bridgehead atoms. The molecule has 1 aliphatic heterocycles. The normalized spacial score (nSPS) is 16.4. The molecule has 1 N–H and O–H groups in total. The van der Waals surface area contributed by atoms with Crippen LogP contribution >= 0.6 is 0 Å². The molecule has 2 amide bonds. The van der Waals surface area contributed by atoms with E-state index in [0.29, 0.717) is 18.7 Å². The maximum atomic E-state index is 12.4. The summed E-state index contributed by atoms with van der Waals surface area (Å²) in [5.41, 5.74) is 1.32. The molecular weight excluding hydrogens is 272 g/mol. The summed E-state index contributed by atoms with van der Waals surface area (Å²) >= 11 is 0. The van der Waals surface area contributed by atoms with Crippen LogP contribution in [0.2, 0.25) is 0 Å². The van der Waals surface area contributed by atoms with Gasteiger partial charge in [-0.3, -0.25) is 9.13 Å². The monoisotopic (exact) mass is 290 g/mol. The number of carbonyl (C=O) groups is 1. The zero-order valence-corrected chi connectivity index (χ0v) is 12.1. The van der Waals surface area contributed by atoms with Crippen LogP contribution in [-0.2, 0) is 7.05 Å². The van der Waals surface area contributed by atoms with Gasteiger partial charge in [0.1, 0.15) is 11.8 Å². The van der Waals surface area contributed by atoms with Gasteiger partial charge >= 0.3 is 11.7 Å². The molecule has 0 radical (unpaired) electrons. The zero-order valence-electron chi connectivity index (χ0n) is 12.1. The summed E-state index contributed by atoms with van der Waals surface area (Å²) in [6.07, 6.45) is 4.60. The first-order valence-corrected chi connectivity index (χ1v) is 6.97. The lowest BCUT2D eigenvalue weighted by atomic mass is 10.1. The molecule has 2 aromatic rings. The molecule has 1 aliphatic rings. The van der Waals surface area contributed by atoms with Crippen molar-refractivity contribution < 1.29 is 4.79 Å². The summed E-state index contributed by atoms with van der Waals surface area (Å²) < 4.78 is 3.30. The number of hydrogen-bond donors (Lipinski definition) is 1. The number of nitrogens with one attached hydrogen (secondary N) is 1. The summed E-state index contributed by atoms with van der Waals surface area (Å²) in [5, 5.41) is 2.63. The zero-order chi connectivity index (χ0) is 15.0. The maximum Gasteiger partial charge on any atom is 0.330 e. The molecule has 112 valence electrons. The molecule has 0 spiro atoms. The molecule has 1 saturated heterocycles. The minimum absolute atomic E-state index is 0.0667. The Bertz CT molecular complexity index is 726. The molecule has 1 fully saturated rings. The molecule has 21 heavy (non-hydrogen) atoms. The first-order chi connectivity index (χ1) is 10.1. The van der Waals surface area contributed by atoms with Gasteiger partial charge in [0.15, 0.2) is 5.65 Å². The lowest BCUT2D eigenvalue weighted by Gasteiger charge is -2.31. The Morgan fingerprint density at radius 2 is 2.10 bits per heavy atom. The van der Waals surface area contributed by atoms with Crippen LogP contribution in [0.4, 0.5) is 4.79 Å². The number of urea groups is 1. The highest BCUT2D eigenvalue weighted by atomic mass is 16.2. The van der Waals surface area contributed by atoms with Gasteiger partial charge in [-0.2, -0.15) is 0 Å². The molecule has 0 saturated carbocycles. The van der Waals surface area contributed by atoms with Crippen molar-refractivity contribution in [2.24, 2.45) is 7.05 Å². The number of fused-ring (bicyclic) bond motifs is 1. The third-order valence-electron chi connectivity index (χ3n) is 4.09. The van der Waals surface area contributed by atoms with E-state index in [1.54, 1.807) is 34.3 Å². The van der Waals surface area contributed by atoms with Gasteiger partial charge in [-0.25, -0.2) is 19.6 Å². The van der Waals surface area contributed by atoms with Crippen LogP contribution in [0.3, 0.4) is 0 Å². The van der Waals surface area contributed by atoms with E-state index in [9.17, 15) is 9.59 Å². The predicted octanol–water partition coefficient (Wildman–Crippen LogP) is 0.106. The van der Waals surface area contributed by atoms with Crippen molar-refractivity contribution in [3.05, 3.63) is 23.0 Å². The van der Waals surface area contributed by atoms with Crippen molar-refractivity contribution >= 4 is 17.2 Å². The van der Waals surface area contributed by atoms with E-state index < -0.39 is 0 Å². The van der Waals surface area contributed by atoms with E-state index in [4.69, 9.17) is 0 Å². The third-order valence-corrected chi connectivity index (χ3v) is 4.09. The Morgan fingerprint density at radius 3 is 2.76 bits per heavy atom. The number of likely N-dealkylation sites (tertiary alicyclic amines) is 1. The van der Waals surface area contributed by atoms with E-state index in [0.717, 1.165) is 18.4 Å². The fourth-order valence-corrected chi connectivity index (χ4v) is 2.91. The predicted molar refractivity (Wildman–Crippen MR) is 77.1 cm³/mol. The number of piperidine rings is 1. The number of imidazole rings is 1. The van der Waals surface area contributed by atoms with Gasteiger partial charge in [0.05, 0.1) is 6.20 Å². The largest absolute Gasteiger partial charge is 0.341 e. The van der Waals surface area contributed by atoms with Crippen molar-refractivity contribution in [1.29, 1.82) is 0 Å². The van der Waals surface area contributed by atoms with E-state index in [2.05, 4.69) is 15.3 Å². The van der Waals surface area contributed by atoms with Crippen LogP contribution in [0.15, 0.2) is 17.3 Å². The fourth-order valence-electron chi connectivity index (χ4n) is 2.91. The quantitative estimate of drug-likeness (QED) is 0.807. The minimum atomic E-state index is -0.0797. The van der Waals surface area contributed by atoms with Crippen molar-refractivity contribution in [3.63, 3.8) is 0 Å². The summed E-state index contributed by atoms with van der Waals surface area (Å²) in [7, 11) is 3.35. The number of aromatic nitrogens is 4. The van der Waals surface area contributed by atoms with Crippen LogP contribution in [0.1, 0.15) is 18.9 Å². The molecule has 3 rings (SSSR count). The number of aryl methyl sites for hydroxylation is 1. The van der Waals surface area contributed by atoms with Gasteiger partial charge < -0.3 is 10.2 Å². The van der Waals surface area contributed by atoms with Gasteiger partial charge in [-0.1, -0.05) is 0 Å². The first kappa shape index (κ1) is 13.6. The van der Waals surface area contributed by atoms with Crippen LogP contribution in [-0.4, -0.2) is 50.2 Å². The van der Waals surface area contributed by atoms with E-state index >= 15 is 0 Å². The molecule has 8 heteroatoms. The van der Waals surface area contributed by atoms with Crippen molar-refractivity contribution in [2.75, 3.05) is 20.1 Å². The number of nitrogens with zero attached hydrogens (tertiary/aromatic N) is 5. The lowest BCUT2D eigenvalue weighted by molar-refractivity contribution is 0.173. The molecule has 2 aromatic heterocycles. The number of rotatable bonds is 1. The molecule has 0 unspecified atom stereocenters. The van der Waals surface area contributed by atoms with Crippen LogP contribution in [0, 0.1) is 0 Å². The van der Waals surface area contributed by atoms with Gasteiger partial charge in [-0.05, 0) is 12.8 Å². The Labute approximate surface area is 121 Å². The second-order valence-electron chi connectivity index (χ2n) is 5.22. The standard InChI is InChI=1S/C13H18N6O2/c1-14-12(20)18-5-3-9(4-6-18)19-11-10(7-15-8-16-11)17(2)13(19)21/h7-9H,3-6H2,1-2H3,(H,14,20). The highest BCUT2D eigenvalue weighted by molar-refractivity contribution is 5.74. The van der Waals surface area contributed by atoms with Crippen LogP contribution in [0.5, 0.6) is 0 Å². The van der Waals surface area contributed by atoms with E-state index in [1.165, 1.54) is 6.33 Å². The number of amides is 2. The molecule has 0 aliphatic carbocycles. The minimum Gasteiger partial charge on any atom is -0.341 e. The number of carbonyl (C=O) groups excluding carboxylic acids is 1. The Balaban J connectivity index is 1.91. The molecule has 3 heterocycles. The maximum absolute atomic E-state index is 12.4. The van der Waals surface area contributed by atoms with Crippen molar-refractivity contribution in [2.45, 2.75) is 18.9 Å². The van der Waals surface area contributed by atoms with Crippen molar-refractivity contribution in [1.82, 2.24) is 29.3 Å². The van der Waals surface area contributed by atoms with Gasteiger partial charge in [0, 0.05) is 33.2 Å². The molecule has 0 aromatic carbocycles. The van der Waals surface area contributed by atoms with E-state index in [-0.39, 0.29) is 17.8 Å². The summed E-state index contributed by atoms with van der Waals surface area (Å²) in [6, 6.07) is -0.00181. The number of hydrogen-bond acceptors (Lipinski definition) is 4. The first-order valence-electron chi connectivity index (χ1n) is 6.97. The topological polar surface area (TPSA) is 85.0 Å². The molecular formula is C13H18N6O2. The summed E-state index contributed by atoms with van der Waals surface area (Å²) in [4.78, 5) is 34.0. The van der Waals surface area contributed by atoms with Gasteiger partial charge in [-0.15, -0.1) is 0 Å². The third kappa shape index (κ3) is 2.16. The lowest BCUT2D eigenvalue weighted by Crippen LogP contribution is -2.44. The average Bonchev–Trinajstić information content (AvgIpc) is 2.79. The summed E-state index contributed by atoms with van der Waals surface area (Å²) in [5.74, 6) is 0. The Hall–Kier alpha value is -2.38. The smallest absolute Gasteiger partial charge is 0.330 e. The average molecular weight is 290 g/mol. The Morgan fingerprint density at radius 1 is 1.38 bits per heavy atom. The van der Waals surface area contributed by atoms with Crippen molar-refractivity contribution in [3.8, 4) is 0 Å². The second kappa shape index (κ2) is 5.19. The van der Waals surface area contributed by atoms with Crippen LogP contribution in [0.25, 0.3) is 11.2 Å². The Kier molecular flexibility index (Phi) is 3.36. The summed E-state index contributed by atoms with van der Waals surface area (Å²) in [6.45, 7) is 1.27. The van der Waals surface area contributed by atoms with Gasteiger partial charge in [0.25, 0.3) is 0 Å². The highest BCUT2D eigenvalue weighted by Crippen LogP contribution is 2.24. The van der Waals surface area contributed by atoms with Gasteiger partial charge in [0.2, 0.25) is 0 Å². The highest BCUT2D eigenvalue weighted by Gasteiger charge is 2.26. The molecule has 0 atom stereocenters. The fraction of sp³-hybridized carbons (Fsp3) is 0.538. The second-order valence-corrected chi connectivity index (χ2v) is 5.22. The van der Waals surface area contributed by atoms with E-state index in [1.807, 2.05) is 0 Å². The molecule has 8 nitrogen and oxygen atoms in total.